The summed E-state index contributed by atoms with van der Waals surface area (Å²) in [6.07, 6.45) is 0. The van der Waals surface area contributed by atoms with Gasteiger partial charge in [-0.05, 0) is 103 Å². The van der Waals surface area contributed by atoms with Crippen LogP contribution in [0.25, 0.3) is 89.2 Å². The van der Waals surface area contributed by atoms with Crippen LogP contribution in [0.4, 0.5) is 0 Å². The highest BCUT2D eigenvalue weighted by Crippen LogP contribution is 2.62. The van der Waals surface area contributed by atoms with Crippen molar-refractivity contribution in [3.63, 3.8) is 0 Å². The van der Waals surface area contributed by atoms with Crippen molar-refractivity contribution >= 4 is 10.8 Å². The highest BCUT2D eigenvalue weighted by molar-refractivity contribution is 6.18. The Morgan fingerprint density at radius 3 is 1.87 bits per heavy atom. The molecular weight excluding hydrogens is 729 g/mol. The van der Waals surface area contributed by atoms with E-state index in [1.54, 1.807) is 0 Å². The van der Waals surface area contributed by atoms with Gasteiger partial charge in [0.15, 0.2) is 5.82 Å². The summed E-state index contributed by atoms with van der Waals surface area (Å²) in [4.78, 5) is 10.6. The molecule has 2 heterocycles. The molecule has 0 N–H and O–H groups in total. The molecule has 1 aromatic heterocycles. The van der Waals surface area contributed by atoms with Gasteiger partial charge in [-0.3, -0.25) is 0 Å². The standard InChI is InChI=1S/C57H32N2O/c1-2-14-35(15-3-1)56-58-51(37-17-12-16-36(32-37)39-30-31-46-41-19-5-4-18-40(41)45-22-13-21-44(39)55(45)46)34-52(59-56)38-28-29-43-42-20-6-7-23-47(42)57(50(43)33-38)48-24-8-10-26-53(48)60-54-27-11-9-25-49(54)57/h1-8,10-24,26-34H. The topological polar surface area (TPSA) is 35.0 Å². The molecule has 1 aliphatic heterocycles. The Morgan fingerprint density at radius 2 is 1.02 bits per heavy atom. The first kappa shape index (κ1) is 33.0. The summed E-state index contributed by atoms with van der Waals surface area (Å²) < 4.78 is 6.56. The number of aromatic nitrogens is 2. The van der Waals surface area contributed by atoms with Gasteiger partial charge in [-0.25, -0.2) is 9.97 Å². The van der Waals surface area contributed by atoms with Crippen LogP contribution in [0.3, 0.4) is 0 Å². The Morgan fingerprint density at radius 1 is 0.400 bits per heavy atom. The molecule has 0 bridgehead atoms. The molecule has 0 fully saturated rings. The molecule has 2 aliphatic carbocycles. The molecule has 3 nitrogen and oxygen atoms in total. The number of rotatable bonds is 4. The first-order chi connectivity index (χ1) is 29.7. The maximum Gasteiger partial charge on any atom is 0.160 e. The number of hydrogen-bond acceptors (Lipinski definition) is 3. The predicted octanol–water partition coefficient (Wildman–Crippen LogP) is 14.0. The van der Waals surface area contributed by atoms with Crippen LogP contribution in [0.5, 0.6) is 11.5 Å². The van der Waals surface area contributed by atoms with Gasteiger partial charge in [0, 0.05) is 22.3 Å². The van der Waals surface area contributed by atoms with E-state index in [2.05, 4.69) is 170 Å². The summed E-state index contributed by atoms with van der Waals surface area (Å²) in [6, 6.07) is 75.9. The first-order valence-electron chi connectivity index (χ1n) is 20.4. The molecule has 1 atom stereocenters. The lowest BCUT2D eigenvalue weighted by Crippen LogP contribution is -2.31. The fraction of sp³-hybridized carbons (Fsp3) is 0.0175. The fourth-order valence-electron chi connectivity index (χ4n) is 10.2. The Hall–Kier alpha value is -8.06. The van der Waals surface area contributed by atoms with Gasteiger partial charge in [-0.15, -0.1) is 0 Å². The molecule has 3 heteroatoms. The number of hydrogen-bond donors (Lipinski definition) is 0. The largest absolute Gasteiger partial charge is 0.456 e. The van der Waals surface area contributed by atoms with E-state index >= 15 is 0 Å². The van der Waals surface area contributed by atoms with Gasteiger partial charge >= 0.3 is 0 Å². The molecule has 1 spiro atoms. The summed E-state index contributed by atoms with van der Waals surface area (Å²) in [5.74, 6) is 2.32. The first-order valence-corrected chi connectivity index (χ1v) is 20.4. The Kier molecular flexibility index (Phi) is 6.85. The van der Waals surface area contributed by atoms with Crippen LogP contribution in [0.2, 0.25) is 0 Å². The molecule has 3 aliphatic rings. The van der Waals surface area contributed by atoms with E-state index in [0.717, 1.165) is 56.3 Å². The zero-order valence-electron chi connectivity index (χ0n) is 32.3. The Labute approximate surface area is 347 Å². The van der Waals surface area contributed by atoms with Crippen LogP contribution in [0.15, 0.2) is 194 Å². The average Bonchev–Trinajstić information content (AvgIpc) is 3.80. The molecule has 276 valence electrons. The van der Waals surface area contributed by atoms with Crippen LogP contribution in [0, 0.1) is 12.1 Å². The number of para-hydroxylation sites is 1. The van der Waals surface area contributed by atoms with Crippen molar-refractivity contribution in [2.24, 2.45) is 0 Å². The third-order valence-corrected chi connectivity index (χ3v) is 12.8. The summed E-state index contributed by atoms with van der Waals surface area (Å²) >= 11 is 0. The molecule has 0 radical (unpaired) electrons. The molecule has 9 aromatic carbocycles. The van der Waals surface area contributed by atoms with Crippen molar-refractivity contribution in [1.82, 2.24) is 9.97 Å². The number of benzene rings is 8. The van der Waals surface area contributed by atoms with E-state index in [1.807, 2.05) is 36.4 Å². The molecule has 10 aromatic rings. The minimum atomic E-state index is -0.655. The van der Waals surface area contributed by atoms with E-state index in [1.165, 1.54) is 60.8 Å². The minimum Gasteiger partial charge on any atom is -0.456 e. The molecule has 1 unspecified atom stereocenters. The average molecular weight is 761 g/mol. The van der Waals surface area contributed by atoms with E-state index in [4.69, 9.17) is 14.7 Å². The summed E-state index contributed by atoms with van der Waals surface area (Å²) in [5.41, 5.74) is 18.4. The lowest BCUT2D eigenvalue weighted by molar-refractivity contribution is 0.436. The monoisotopic (exact) mass is 760 g/mol. The highest BCUT2D eigenvalue weighted by Gasteiger charge is 2.51. The van der Waals surface area contributed by atoms with Crippen molar-refractivity contribution in [2.45, 2.75) is 5.41 Å². The van der Waals surface area contributed by atoms with Crippen molar-refractivity contribution in [2.75, 3.05) is 0 Å². The van der Waals surface area contributed by atoms with Crippen LogP contribution in [-0.4, -0.2) is 9.97 Å². The molecular formula is C57H32N2O. The highest BCUT2D eigenvalue weighted by atomic mass is 16.5. The third kappa shape index (κ3) is 4.56. The second kappa shape index (κ2) is 12.5. The van der Waals surface area contributed by atoms with E-state index in [-0.39, 0.29) is 0 Å². The Bertz CT molecular complexity index is 3350. The van der Waals surface area contributed by atoms with Crippen LogP contribution in [-0.2, 0) is 5.41 Å². The van der Waals surface area contributed by atoms with Gasteiger partial charge in [0.2, 0.25) is 0 Å². The summed E-state index contributed by atoms with van der Waals surface area (Å²) in [7, 11) is 0. The second-order valence-corrected chi connectivity index (χ2v) is 15.8. The smallest absolute Gasteiger partial charge is 0.160 e. The van der Waals surface area contributed by atoms with Crippen molar-refractivity contribution < 1.29 is 4.74 Å². The third-order valence-electron chi connectivity index (χ3n) is 12.8. The summed E-state index contributed by atoms with van der Waals surface area (Å²) in [5, 5.41) is 2.57. The predicted molar refractivity (Wildman–Crippen MR) is 241 cm³/mol. The second-order valence-electron chi connectivity index (χ2n) is 15.8. The lowest BCUT2D eigenvalue weighted by atomic mass is 9.66. The number of nitrogens with zero attached hydrogens (tertiary/aromatic N) is 2. The molecule has 0 amide bonds. The van der Waals surface area contributed by atoms with Gasteiger partial charge < -0.3 is 4.74 Å². The summed E-state index contributed by atoms with van der Waals surface area (Å²) in [6.45, 7) is 0. The van der Waals surface area contributed by atoms with Crippen molar-refractivity contribution in [3.8, 4) is 89.9 Å². The van der Waals surface area contributed by atoms with E-state index in [0.29, 0.717) is 5.82 Å². The van der Waals surface area contributed by atoms with E-state index in [9.17, 15) is 0 Å². The number of fused-ring (bicyclic) bond motifs is 12. The number of ether oxygens (including phenoxy) is 1. The van der Waals surface area contributed by atoms with Crippen LogP contribution >= 0.6 is 0 Å². The molecule has 0 saturated carbocycles. The maximum atomic E-state index is 6.56. The minimum absolute atomic E-state index is 0.655. The van der Waals surface area contributed by atoms with Gasteiger partial charge in [-0.2, -0.15) is 0 Å². The zero-order valence-corrected chi connectivity index (χ0v) is 32.3. The SMILES string of the molecule is c1ccc2c(c#1)C1(c3ccccc3O2)c2ccccc2-c2ccc(-c3cc(-c4cccc(-c5ccc6c7c(cccc57)-c5ccccc5-6)c4)nc(-c4ccccc4)n3)cc21. The van der Waals surface area contributed by atoms with Gasteiger partial charge in [0.1, 0.15) is 11.5 Å². The van der Waals surface area contributed by atoms with Crippen molar-refractivity contribution in [1.29, 1.82) is 0 Å². The maximum absolute atomic E-state index is 6.56. The molecule has 13 rings (SSSR count). The molecule has 60 heavy (non-hydrogen) atoms. The normalized spacial score (nSPS) is 13.1. The van der Waals surface area contributed by atoms with Crippen LogP contribution in [0.1, 0.15) is 22.3 Å². The molecule has 0 saturated heterocycles. The van der Waals surface area contributed by atoms with Gasteiger partial charge in [-0.1, -0.05) is 170 Å². The van der Waals surface area contributed by atoms with Crippen molar-refractivity contribution in [3.05, 3.63) is 229 Å². The fourth-order valence-corrected chi connectivity index (χ4v) is 10.2. The van der Waals surface area contributed by atoms with Gasteiger partial charge in [0.25, 0.3) is 0 Å². The van der Waals surface area contributed by atoms with Crippen LogP contribution < -0.4 is 4.74 Å². The van der Waals surface area contributed by atoms with Gasteiger partial charge in [0.05, 0.1) is 22.4 Å². The lowest BCUT2D eigenvalue weighted by Gasteiger charge is -2.38. The van der Waals surface area contributed by atoms with E-state index < -0.39 is 5.41 Å². The quantitative estimate of drug-likeness (QED) is 0.179. The Balaban J connectivity index is 1.00. The zero-order chi connectivity index (χ0) is 39.4.